The second-order valence-electron chi connectivity index (χ2n) is 5.54. The number of nitrogens with one attached hydrogen (secondary N) is 1. The average molecular weight is 265 g/mol. The molecule has 0 amide bonds. The van der Waals surface area contributed by atoms with Gasteiger partial charge in [0.15, 0.2) is 0 Å². The van der Waals surface area contributed by atoms with E-state index in [2.05, 4.69) is 4.72 Å². The predicted octanol–water partition coefficient (Wildman–Crippen LogP) is 1.45. The zero-order valence-corrected chi connectivity index (χ0v) is 11.8. The second-order valence-corrected chi connectivity index (χ2v) is 7.35. The zero-order chi connectivity index (χ0) is 13.7. The summed E-state index contributed by atoms with van der Waals surface area (Å²) in [4.78, 5) is 10.5. The quantitative estimate of drug-likeness (QED) is 0.730. The smallest absolute Gasteiger partial charge is 0.303 e. The van der Waals surface area contributed by atoms with Crippen LogP contribution in [0.3, 0.4) is 0 Å². The SMILES string of the molecule is CCC(CNS(=O)(=O)CC(C)(C)C)CC(=O)O. The minimum atomic E-state index is -3.32. The van der Waals surface area contributed by atoms with Gasteiger partial charge >= 0.3 is 5.97 Å². The van der Waals surface area contributed by atoms with Gasteiger partial charge in [-0.3, -0.25) is 4.79 Å². The van der Waals surface area contributed by atoms with Crippen LogP contribution in [-0.4, -0.2) is 31.8 Å². The lowest BCUT2D eigenvalue weighted by molar-refractivity contribution is -0.138. The predicted molar refractivity (Wildman–Crippen MR) is 67.3 cm³/mol. The maximum absolute atomic E-state index is 11.7. The minimum absolute atomic E-state index is 0.00542. The highest BCUT2D eigenvalue weighted by Crippen LogP contribution is 2.16. The third-order valence-corrected chi connectivity index (χ3v) is 4.11. The lowest BCUT2D eigenvalue weighted by Gasteiger charge is -2.20. The summed E-state index contributed by atoms with van der Waals surface area (Å²) in [6.07, 6.45) is 0.638. The number of carbonyl (C=O) groups is 1. The van der Waals surface area contributed by atoms with Crippen LogP contribution >= 0.6 is 0 Å². The Hall–Kier alpha value is -0.620. The Labute approximate surface area is 104 Å². The third kappa shape index (κ3) is 9.12. The molecule has 0 aliphatic heterocycles. The van der Waals surface area contributed by atoms with E-state index in [1.165, 1.54) is 0 Å². The van der Waals surface area contributed by atoms with Gasteiger partial charge in [-0.15, -0.1) is 0 Å². The van der Waals surface area contributed by atoms with E-state index in [1.54, 1.807) is 0 Å². The lowest BCUT2D eigenvalue weighted by Crippen LogP contribution is -2.35. The Morgan fingerprint density at radius 1 is 1.35 bits per heavy atom. The monoisotopic (exact) mass is 265 g/mol. The fraction of sp³-hybridized carbons (Fsp3) is 0.909. The zero-order valence-electron chi connectivity index (χ0n) is 11.0. The summed E-state index contributed by atoms with van der Waals surface area (Å²) in [5.41, 5.74) is -0.305. The van der Waals surface area contributed by atoms with E-state index in [1.807, 2.05) is 27.7 Å². The van der Waals surface area contributed by atoms with Crippen molar-refractivity contribution in [3.8, 4) is 0 Å². The molecule has 0 aromatic rings. The molecule has 0 aliphatic carbocycles. The van der Waals surface area contributed by atoms with E-state index < -0.39 is 16.0 Å². The van der Waals surface area contributed by atoms with Gasteiger partial charge in [0.1, 0.15) is 0 Å². The highest BCUT2D eigenvalue weighted by molar-refractivity contribution is 7.89. The van der Waals surface area contributed by atoms with Crippen molar-refractivity contribution in [2.45, 2.75) is 40.5 Å². The van der Waals surface area contributed by atoms with Crippen molar-refractivity contribution >= 4 is 16.0 Å². The van der Waals surface area contributed by atoms with E-state index in [4.69, 9.17) is 5.11 Å². The van der Waals surface area contributed by atoms with Gasteiger partial charge in [-0.05, 0) is 11.3 Å². The first-order chi connectivity index (χ1) is 7.56. The normalized spacial score (nSPS) is 14.6. The van der Waals surface area contributed by atoms with Crippen molar-refractivity contribution in [3.63, 3.8) is 0 Å². The molecule has 102 valence electrons. The van der Waals surface area contributed by atoms with Gasteiger partial charge in [-0.1, -0.05) is 34.1 Å². The van der Waals surface area contributed by atoms with Crippen molar-refractivity contribution in [2.75, 3.05) is 12.3 Å². The summed E-state index contributed by atoms with van der Waals surface area (Å²) in [6.45, 7) is 7.59. The average Bonchev–Trinajstić information content (AvgIpc) is 2.07. The van der Waals surface area contributed by atoms with Gasteiger partial charge in [0.2, 0.25) is 10.0 Å². The number of hydrogen-bond acceptors (Lipinski definition) is 3. The van der Waals surface area contributed by atoms with Gasteiger partial charge < -0.3 is 5.11 Å². The molecule has 2 N–H and O–H groups in total. The molecule has 0 heterocycles. The number of aliphatic carboxylic acids is 1. The summed E-state index contributed by atoms with van der Waals surface area (Å²) >= 11 is 0. The van der Waals surface area contributed by atoms with E-state index >= 15 is 0 Å². The van der Waals surface area contributed by atoms with Crippen LogP contribution in [0.2, 0.25) is 0 Å². The highest BCUT2D eigenvalue weighted by atomic mass is 32.2. The minimum Gasteiger partial charge on any atom is -0.481 e. The molecule has 0 saturated heterocycles. The molecule has 0 bridgehead atoms. The molecule has 0 aromatic heterocycles. The Kier molecular flexibility index (Phi) is 6.12. The molecule has 1 atom stereocenters. The molecule has 17 heavy (non-hydrogen) atoms. The Bertz CT molecular complexity index is 343. The van der Waals surface area contributed by atoms with Gasteiger partial charge in [-0.2, -0.15) is 0 Å². The van der Waals surface area contributed by atoms with Crippen molar-refractivity contribution in [2.24, 2.45) is 11.3 Å². The summed E-state index contributed by atoms with van der Waals surface area (Å²) in [5, 5.41) is 8.65. The topological polar surface area (TPSA) is 83.5 Å². The number of carboxylic acid groups (broad SMARTS) is 1. The van der Waals surface area contributed by atoms with Crippen molar-refractivity contribution in [3.05, 3.63) is 0 Å². The van der Waals surface area contributed by atoms with Gasteiger partial charge in [-0.25, -0.2) is 13.1 Å². The Morgan fingerprint density at radius 3 is 2.24 bits per heavy atom. The van der Waals surface area contributed by atoms with Gasteiger partial charge in [0.05, 0.1) is 5.75 Å². The molecule has 6 heteroatoms. The molecule has 0 aliphatic rings. The number of rotatable bonds is 7. The summed E-state index contributed by atoms with van der Waals surface area (Å²) in [5.74, 6) is -1.00. The van der Waals surface area contributed by atoms with Crippen LogP contribution in [0.5, 0.6) is 0 Å². The first-order valence-corrected chi connectivity index (χ1v) is 7.40. The highest BCUT2D eigenvalue weighted by Gasteiger charge is 2.22. The van der Waals surface area contributed by atoms with Crippen LogP contribution in [0, 0.1) is 11.3 Å². The first kappa shape index (κ1) is 16.4. The fourth-order valence-corrected chi connectivity index (χ4v) is 3.21. The Balaban J connectivity index is 4.29. The summed E-state index contributed by atoms with van der Waals surface area (Å²) in [7, 11) is -3.32. The molecule has 0 spiro atoms. The summed E-state index contributed by atoms with van der Waals surface area (Å²) < 4.78 is 25.9. The molecule has 0 fully saturated rings. The number of sulfonamides is 1. The van der Waals surface area contributed by atoms with E-state index in [0.717, 1.165) is 0 Å². The van der Waals surface area contributed by atoms with Gasteiger partial charge in [0, 0.05) is 13.0 Å². The summed E-state index contributed by atoms with van der Waals surface area (Å²) in [6, 6.07) is 0. The molecule has 0 saturated carbocycles. The fourth-order valence-electron chi connectivity index (χ4n) is 1.47. The van der Waals surface area contributed by atoms with Crippen LogP contribution < -0.4 is 4.72 Å². The van der Waals surface area contributed by atoms with Crippen LogP contribution in [0.25, 0.3) is 0 Å². The van der Waals surface area contributed by atoms with E-state index in [-0.39, 0.29) is 30.1 Å². The van der Waals surface area contributed by atoms with Crippen LogP contribution in [0.1, 0.15) is 40.5 Å². The first-order valence-electron chi connectivity index (χ1n) is 5.75. The van der Waals surface area contributed by atoms with Crippen LogP contribution in [-0.2, 0) is 14.8 Å². The molecule has 5 nitrogen and oxygen atoms in total. The third-order valence-electron chi connectivity index (χ3n) is 2.26. The second kappa shape index (κ2) is 6.35. The maximum atomic E-state index is 11.7. The molecular formula is C11H23NO4S. The standard InChI is InChI=1S/C11H23NO4S/c1-5-9(6-10(13)14)7-12-17(15,16)8-11(2,3)4/h9,12H,5-8H2,1-4H3,(H,13,14). The van der Waals surface area contributed by atoms with Crippen molar-refractivity contribution in [1.29, 1.82) is 0 Å². The van der Waals surface area contributed by atoms with E-state index in [9.17, 15) is 13.2 Å². The van der Waals surface area contributed by atoms with Crippen molar-refractivity contribution in [1.82, 2.24) is 4.72 Å². The number of carboxylic acids is 1. The largest absolute Gasteiger partial charge is 0.481 e. The maximum Gasteiger partial charge on any atom is 0.303 e. The lowest BCUT2D eigenvalue weighted by atomic mass is 10.0. The molecule has 0 aromatic carbocycles. The molecular weight excluding hydrogens is 242 g/mol. The molecule has 1 unspecified atom stereocenters. The Morgan fingerprint density at radius 2 is 1.88 bits per heavy atom. The van der Waals surface area contributed by atoms with Crippen LogP contribution in [0.4, 0.5) is 0 Å². The van der Waals surface area contributed by atoms with E-state index in [0.29, 0.717) is 6.42 Å². The van der Waals surface area contributed by atoms with Gasteiger partial charge in [0.25, 0.3) is 0 Å². The molecule has 0 radical (unpaired) electrons. The van der Waals surface area contributed by atoms with Crippen molar-refractivity contribution < 1.29 is 18.3 Å². The molecule has 0 rings (SSSR count). The number of hydrogen-bond donors (Lipinski definition) is 2. The van der Waals surface area contributed by atoms with Crippen LogP contribution in [0.15, 0.2) is 0 Å².